The van der Waals surface area contributed by atoms with E-state index in [4.69, 9.17) is 4.74 Å². The lowest BCUT2D eigenvalue weighted by Gasteiger charge is -2.26. The summed E-state index contributed by atoms with van der Waals surface area (Å²) < 4.78 is 5.41. The number of aromatic carboxylic acids is 1. The number of rotatable bonds is 11. The maximum atomic E-state index is 13.1. The first-order valence-electron chi connectivity index (χ1n) is 14.9. The molecule has 1 aliphatic heterocycles. The van der Waals surface area contributed by atoms with Gasteiger partial charge in [0.15, 0.2) is 0 Å². The second-order valence-electron chi connectivity index (χ2n) is 11.7. The van der Waals surface area contributed by atoms with Crippen LogP contribution in [0.1, 0.15) is 77.9 Å². The number of ether oxygens (including phenoxy) is 1. The average molecular weight is 569 g/mol. The molecule has 0 aliphatic carbocycles. The zero-order valence-electron chi connectivity index (χ0n) is 25.6. The molecule has 1 fully saturated rings. The van der Waals surface area contributed by atoms with Crippen molar-refractivity contribution in [1.82, 2.24) is 10.2 Å². The van der Waals surface area contributed by atoms with E-state index in [0.717, 1.165) is 56.0 Å². The Morgan fingerprint density at radius 3 is 2.29 bits per heavy atom. The smallest absolute Gasteiger partial charge is 0.336 e. The number of carboxylic acid groups (broad SMARTS) is 1. The molecular formula is C36H44N2O4. The van der Waals surface area contributed by atoms with Gasteiger partial charge in [-0.25, -0.2) is 4.79 Å². The fraction of sp³-hybridized carbons (Fsp3) is 0.389. The number of allylic oxidation sites excluding steroid dienone is 2. The number of carbonyl (C=O) groups excluding carboxylic acids is 1. The molecule has 0 spiro atoms. The van der Waals surface area contributed by atoms with Crippen LogP contribution >= 0.6 is 0 Å². The van der Waals surface area contributed by atoms with Crippen molar-refractivity contribution >= 4 is 17.4 Å². The van der Waals surface area contributed by atoms with E-state index >= 15 is 0 Å². The molecule has 1 heterocycles. The number of amides is 1. The van der Waals surface area contributed by atoms with Gasteiger partial charge in [0, 0.05) is 31.7 Å². The average Bonchev–Trinajstić information content (AvgIpc) is 3.00. The predicted octanol–water partition coefficient (Wildman–Crippen LogP) is 6.91. The molecule has 6 heteroatoms. The Bertz CT molecular complexity index is 1420. The van der Waals surface area contributed by atoms with E-state index < -0.39 is 5.97 Å². The molecule has 6 nitrogen and oxygen atoms in total. The summed E-state index contributed by atoms with van der Waals surface area (Å²) in [5.41, 5.74) is 8.66. The highest BCUT2D eigenvalue weighted by atomic mass is 16.5. The van der Waals surface area contributed by atoms with Gasteiger partial charge in [0.1, 0.15) is 0 Å². The van der Waals surface area contributed by atoms with Crippen LogP contribution in [0.4, 0.5) is 0 Å². The van der Waals surface area contributed by atoms with Gasteiger partial charge in [-0.1, -0.05) is 68.0 Å². The first-order valence-corrected chi connectivity index (χ1v) is 14.9. The minimum atomic E-state index is -0.920. The molecule has 0 saturated carbocycles. The summed E-state index contributed by atoms with van der Waals surface area (Å²) >= 11 is 0. The first kappa shape index (κ1) is 31.2. The van der Waals surface area contributed by atoms with Crippen LogP contribution in [0.15, 0.2) is 72.3 Å². The predicted molar refractivity (Wildman–Crippen MR) is 170 cm³/mol. The standard InChI is InChI=1S/C36H44N2O4/c1-24(2)26(4)34-23-30(35(39)37-16-17-38-18-20-42-21-19-38)14-15-31(34)27(5)25(3)22-28-10-12-29(13-11-28)32-8-6-7-9-33(32)36(40)41/h6-15,23,25,27H,16-22H2,1-5H3,(H,37,39)(H,40,41). The monoisotopic (exact) mass is 568 g/mol. The summed E-state index contributed by atoms with van der Waals surface area (Å²) in [5, 5.41) is 12.7. The minimum Gasteiger partial charge on any atom is -0.478 e. The minimum absolute atomic E-state index is 0.0390. The Balaban J connectivity index is 1.47. The Morgan fingerprint density at radius 1 is 0.929 bits per heavy atom. The molecule has 1 aliphatic rings. The van der Waals surface area contributed by atoms with E-state index in [1.807, 2.05) is 30.3 Å². The van der Waals surface area contributed by atoms with Gasteiger partial charge in [-0.2, -0.15) is 0 Å². The van der Waals surface area contributed by atoms with Gasteiger partial charge in [0.25, 0.3) is 5.91 Å². The Kier molecular flexibility index (Phi) is 10.7. The van der Waals surface area contributed by atoms with Crippen molar-refractivity contribution in [2.45, 2.75) is 47.0 Å². The molecule has 3 aromatic carbocycles. The molecule has 42 heavy (non-hydrogen) atoms. The van der Waals surface area contributed by atoms with E-state index in [-0.39, 0.29) is 11.8 Å². The molecule has 2 atom stereocenters. The fourth-order valence-corrected chi connectivity index (χ4v) is 5.54. The summed E-state index contributed by atoms with van der Waals surface area (Å²) in [6, 6.07) is 21.5. The second-order valence-corrected chi connectivity index (χ2v) is 11.7. The molecule has 3 aromatic rings. The van der Waals surface area contributed by atoms with Crippen LogP contribution in [0.5, 0.6) is 0 Å². The highest BCUT2D eigenvalue weighted by Gasteiger charge is 2.21. The topological polar surface area (TPSA) is 78.9 Å². The first-order chi connectivity index (χ1) is 20.2. The van der Waals surface area contributed by atoms with Gasteiger partial charge >= 0.3 is 5.97 Å². The summed E-state index contributed by atoms with van der Waals surface area (Å²) in [4.78, 5) is 27.1. The largest absolute Gasteiger partial charge is 0.478 e. The van der Waals surface area contributed by atoms with E-state index in [1.54, 1.807) is 12.1 Å². The van der Waals surface area contributed by atoms with Crippen LogP contribution in [0, 0.1) is 5.92 Å². The van der Waals surface area contributed by atoms with Gasteiger partial charge in [-0.05, 0) is 90.6 Å². The molecule has 0 bridgehead atoms. The number of morpholine rings is 1. The van der Waals surface area contributed by atoms with Crippen molar-refractivity contribution in [3.05, 3.63) is 100 Å². The van der Waals surface area contributed by atoms with E-state index in [9.17, 15) is 14.7 Å². The van der Waals surface area contributed by atoms with Crippen LogP contribution in [-0.2, 0) is 11.2 Å². The van der Waals surface area contributed by atoms with Crippen LogP contribution in [0.25, 0.3) is 16.7 Å². The molecule has 2 N–H and O–H groups in total. The van der Waals surface area contributed by atoms with Gasteiger partial charge in [-0.3, -0.25) is 9.69 Å². The van der Waals surface area contributed by atoms with Crippen molar-refractivity contribution in [2.75, 3.05) is 39.4 Å². The SMILES string of the molecule is CC(C)=C(C)c1cc(C(=O)NCCN2CCOCC2)ccc1C(C)C(C)Cc1ccc(-c2ccccc2C(=O)O)cc1. The van der Waals surface area contributed by atoms with Gasteiger partial charge in [-0.15, -0.1) is 0 Å². The summed E-state index contributed by atoms with van der Waals surface area (Å²) in [7, 11) is 0. The van der Waals surface area contributed by atoms with E-state index in [2.05, 4.69) is 69.1 Å². The molecule has 0 aromatic heterocycles. The lowest BCUT2D eigenvalue weighted by atomic mass is 9.80. The highest BCUT2D eigenvalue weighted by Crippen LogP contribution is 2.35. The third-order valence-electron chi connectivity index (χ3n) is 8.61. The van der Waals surface area contributed by atoms with Gasteiger partial charge < -0.3 is 15.2 Å². The molecule has 1 saturated heterocycles. The Hall–Kier alpha value is -3.74. The fourth-order valence-electron chi connectivity index (χ4n) is 5.54. The maximum Gasteiger partial charge on any atom is 0.336 e. The maximum absolute atomic E-state index is 13.1. The number of nitrogens with one attached hydrogen (secondary N) is 1. The Morgan fingerprint density at radius 2 is 1.62 bits per heavy atom. The molecular weight excluding hydrogens is 524 g/mol. The van der Waals surface area contributed by atoms with Crippen molar-refractivity contribution in [3.8, 4) is 11.1 Å². The van der Waals surface area contributed by atoms with Crippen molar-refractivity contribution < 1.29 is 19.4 Å². The van der Waals surface area contributed by atoms with Crippen LogP contribution in [-0.4, -0.2) is 61.3 Å². The van der Waals surface area contributed by atoms with Crippen LogP contribution in [0.2, 0.25) is 0 Å². The quantitative estimate of drug-likeness (QED) is 0.263. The number of nitrogens with zero attached hydrogens (tertiary/aromatic N) is 1. The highest BCUT2D eigenvalue weighted by molar-refractivity contribution is 5.96. The number of benzene rings is 3. The zero-order valence-corrected chi connectivity index (χ0v) is 25.6. The molecule has 222 valence electrons. The third kappa shape index (κ3) is 7.75. The zero-order chi connectivity index (χ0) is 30.2. The number of carbonyl (C=O) groups is 2. The molecule has 0 radical (unpaired) electrons. The second kappa shape index (κ2) is 14.4. The van der Waals surface area contributed by atoms with E-state index in [0.29, 0.717) is 23.6 Å². The normalized spacial score (nSPS) is 15.1. The lowest BCUT2D eigenvalue weighted by molar-refractivity contribution is 0.0383. The number of hydrogen-bond donors (Lipinski definition) is 2. The van der Waals surface area contributed by atoms with Crippen molar-refractivity contribution in [2.24, 2.45) is 5.92 Å². The molecule has 4 rings (SSSR count). The summed E-state index contributed by atoms with van der Waals surface area (Å²) in [6.45, 7) is 15.7. The lowest BCUT2D eigenvalue weighted by Crippen LogP contribution is -2.41. The van der Waals surface area contributed by atoms with Crippen LogP contribution < -0.4 is 5.32 Å². The third-order valence-corrected chi connectivity index (χ3v) is 8.61. The van der Waals surface area contributed by atoms with Gasteiger partial charge in [0.05, 0.1) is 18.8 Å². The Labute approximate surface area is 250 Å². The van der Waals surface area contributed by atoms with Crippen LogP contribution in [0.3, 0.4) is 0 Å². The number of hydrogen-bond acceptors (Lipinski definition) is 4. The van der Waals surface area contributed by atoms with Crippen molar-refractivity contribution in [3.63, 3.8) is 0 Å². The van der Waals surface area contributed by atoms with Gasteiger partial charge in [0.2, 0.25) is 0 Å². The summed E-state index contributed by atoms with van der Waals surface area (Å²) in [5.74, 6) is -0.349. The number of carboxylic acids is 1. The molecule has 1 amide bonds. The van der Waals surface area contributed by atoms with E-state index in [1.165, 1.54) is 22.3 Å². The van der Waals surface area contributed by atoms with Crippen molar-refractivity contribution in [1.29, 1.82) is 0 Å². The molecule has 2 unspecified atom stereocenters. The summed E-state index contributed by atoms with van der Waals surface area (Å²) in [6.07, 6.45) is 0.888.